The molecule has 0 rings (SSSR count). The summed E-state index contributed by atoms with van der Waals surface area (Å²) in [6.07, 6.45) is -1.04. The van der Waals surface area contributed by atoms with Gasteiger partial charge in [0.25, 0.3) is 0 Å². The molecule has 0 amide bonds. The van der Waals surface area contributed by atoms with Crippen molar-refractivity contribution < 1.29 is 15.0 Å². The Kier molecular flexibility index (Phi) is 3.49. The van der Waals surface area contributed by atoms with Crippen molar-refractivity contribution in [3.05, 3.63) is 12.3 Å². The van der Waals surface area contributed by atoms with Gasteiger partial charge < -0.3 is 15.9 Å². The van der Waals surface area contributed by atoms with Gasteiger partial charge in [-0.1, -0.05) is 6.58 Å². The standard InChI is InChI=1S/C6H11NO3/c1-4(7)2-5(8)3-6(9)10/h5,8H,1-3,7H2,(H,9,10). The average molecular weight is 145 g/mol. The van der Waals surface area contributed by atoms with E-state index in [2.05, 4.69) is 6.58 Å². The van der Waals surface area contributed by atoms with Crippen LogP contribution in [0, 0.1) is 0 Å². The number of aliphatic hydroxyl groups is 1. The van der Waals surface area contributed by atoms with E-state index in [4.69, 9.17) is 15.9 Å². The molecule has 1 atom stereocenters. The molecular weight excluding hydrogens is 134 g/mol. The van der Waals surface area contributed by atoms with Crippen molar-refractivity contribution in [2.45, 2.75) is 18.9 Å². The van der Waals surface area contributed by atoms with Crippen LogP contribution in [0.4, 0.5) is 0 Å². The summed E-state index contributed by atoms with van der Waals surface area (Å²) in [6, 6.07) is 0. The molecule has 1 unspecified atom stereocenters. The number of nitrogens with two attached hydrogens (primary N) is 1. The molecule has 0 bridgehead atoms. The minimum atomic E-state index is -1.03. The third-order valence-corrected chi connectivity index (χ3v) is 0.908. The number of aliphatic hydroxyl groups excluding tert-OH is 1. The third-order valence-electron chi connectivity index (χ3n) is 0.908. The van der Waals surface area contributed by atoms with Crippen LogP contribution in [0.3, 0.4) is 0 Å². The molecule has 0 aliphatic carbocycles. The van der Waals surface area contributed by atoms with Crippen molar-refractivity contribution in [1.29, 1.82) is 0 Å². The molecule has 10 heavy (non-hydrogen) atoms. The van der Waals surface area contributed by atoms with Gasteiger partial charge >= 0.3 is 5.97 Å². The second-order valence-corrected chi connectivity index (χ2v) is 2.11. The molecule has 0 aliphatic heterocycles. The molecule has 0 aliphatic rings. The number of carbonyl (C=O) groups is 1. The Morgan fingerprint density at radius 2 is 2.10 bits per heavy atom. The molecule has 0 fully saturated rings. The van der Waals surface area contributed by atoms with Gasteiger partial charge in [-0.2, -0.15) is 0 Å². The van der Waals surface area contributed by atoms with Crippen LogP contribution in [0.5, 0.6) is 0 Å². The fourth-order valence-corrected chi connectivity index (χ4v) is 0.576. The average Bonchev–Trinajstić information content (AvgIpc) is 1.58. The Morgan fingerprint density at radius 1 is 1.60 bits per heavy atom. The summed E-state index contributed by atoms with van der Waals surface area (Å²) >= 11 is 0. The maximum absolute atomic E-state index is 9.96. The Balaban J connectivity index is 3.53. The van der Waals surface area contributed by atoms with Crippen molar-refractivity contribution in [2.75, 3.05) is 0 Å². The molecular formula is C6H11NO3. The van der Waals surface area contributed by atoms with Gasteiger partial charge in [0.05, 0.1) is 12.5 Å². The normalized spacial score (nSPS) is 12.5. The molecule has 0 saturated carbocycles. The van der Waals surface area contributed by atoms with Gasteiger partial charge in [0.1, 0.15) is 0 Å². The smallest absolute Gasteiger partial charge is 0.305 e. The monoisotopic (exact) mass is 145 g/mol. The first kappa shape index (κ1) is 8.97. The van der Waals surface area contributed by atoms with Crippen LogP contribution in [-0.4, -0.2) is 22.3 Å². The molecule has 0 saturated heterocycles. The van der Waals surface area contributed by atoms with E-state index in [1.54, 1.807) is 0 Å². The van der Waals surface area contributed by atoms with E-state index in [-0.39, 0.29) is 12.8 Å². The van der Waals surface area contributed by atoms with Crippen molar-refractivity contribution >= 4 is 5.97 Å². The quantitative estimate of drug-likeness (QED) is 0.506. The maximum Gasteiger partial charge on any atom is 0.305 e. The second-order valence-electron chi connectivity index (χ2n) is 2.11. The van der Waals surface area contributed by atoms with Gasteiger partial charge in [0.2, 0.25) is 0 Å². The van der Waals surface area contributed by atoms with Crippen LogP contribution in [-0.2, 0) is 4.79 Å². The van der Waals surface area contributed by atoms with Gasteiger partial charge in [0.15, 0.2) is 0 Å². The highest BCUT2D eigenvalue weighted by molar-refractivity contribution is 5.67. The lowest BCUT2D eigenvalue weighted by atomic mass is 10.1. The zero-order valence-corrected chi connectivity index (χ0v) is 5.58. The van der Waals surface area contributed by atoms with E-state index in [9.17, 15) is 4.79 Å². The first-order valence-corrected chi connectivity index (χ1v) is 2.85. The first-order valence-electron chi connectivity index (χ1n) is 2.85. The Labute approximate surface area is 59.0 Å². The second kappa shape index (κ2) is 3.90. The highest BCUT2D eigenvalue weighted by Gasteiger charge is 2.08. The van der Waals surface area contributed by atoms with Gasteiger partial charge in [-0.15, -0.1) is 0 Å². The number of rotatable bonds is 4. The number of hydrogen-bond acceptors (Lipinski definition) is 3. The van der Waals surface area contributed by atoms with Crippen LogP contribution in [0.25, 0.3) is 0 Å². The molecule has 58 valence electrons. The molecule has 0 aromatic rings. The SMILES string of the molecule is C=C(N)CC(O)CC(=O)O. The predicted octanol–water partition coefficient (Wildman–Crippen LogP) is -0.315. The number of carboxylic acid groups (broad SMARTS) is 1. The van der Waals surface area contributed by atoms with Gasteiger partial charge in [-0.05, 0) is 0 Å². The summed E-state index contributed by atoms with van der Waals surface area (Å²) in [4.78, 5) is 9.96. The van der Waals surface area contributed by atoms with Gasteiger partial charge in [-0.3, -0.25) is 4.79 Å². The largest absolute Gasteiger partial charge is 0.481 e. The topological polar surface area (TPSA) is 83.5 Å². The molecule has 0 heterocycles. The van der Waals surface area contributed by atoms with Crippen molar-refractivity contribution in [3.63, 3.8) is 0 Å². The van der Waals surface area contributed by atoms with Crippen LogP contribution in [0.2, 0.25) is 0 Å². The first-order chi connectivity index (χ1) is 4.52. The minimum absolute atomic E-state index is 0.145. The number of aliphatic carboxylic acids is 1. The highest BCUT2D eigenvalue weighted by atomic mass is 16.4. The van der Waals surface area contributed by atoms with Crippen LogP contribution in [0.15, 0.2) is 12.3 Å². The summed E-state index contributed by atoms with van der Waals surface area (Å²) in [5.41, 5.74) is 5.42. The van der Waals surface area contributed by atoms with Crippen LogP contribution >= 0.6 is 0 Å². The van der Waals surface area contributed by atoms with Gasteiger partial charge in [0, 0.05) is 12.1 Å². The van der Waals surface area contributed by atoms with Crippen LogP contribution < -0.4 is 5.73 Å². The van der Waals surface area contributed by atoms with Crippen molar-refractivity contribution in [2.24, 2.45) is 5.73 Å². The van der Waals surface area contributed by atoms with E-state index < -0.39 is 12.1 Å². The van der Waals surface area contributed by atoms with E-state index in [0.717, 1.165) is 0 Å². The lowest BCUT2D eigenvalue weighted by Gasteiger charge is -2.05. The highest BCUT2D eigenvalue weighted by Crippen LogP contribution is 2.00. The van der Waals surface area contributed by atoms with E-state index >= 15 is 0 Å². The number of hydrogen-bond donors (Lipinski definition) is 3. The molecule has 0 radical (unpaired) electrons. The lowest BCUT2D eigenvalue weighted by Crippen LogP contribution is -2.15. The Hall–Kier alpha value is -1.03. The molecule has 4 N–H and O–H groups in total. The molecule has 4 heteroatoms. The summed E-state index contributed by atoms with van der Waals surface area (Å²) in [7, 11) is 0. The number of carboxylic acids is 1. The molecule has 0 spiro atoms. The van der Waals surface area contributed by atoms with Gasteiger partial charge in [-0.25, -0.2) is 0 Å². The predicted molar refractivity (Wildman–Crippen MR) is 36.2 cm³/mol. The molecule has 0 aromatic heterocycles. The fourth-order valence-electron chi connectivity index (χ4n) is 0.576. The minimum Gasteiger partial charge on any atom is -0.481 e. The lowest BCUT2D eigenvalue weighted by molar-refractivity contribution is -0.139. The van der Waals surface area contributed by atoms with Crippen molar-refractivity contribution in [3.8, 4) is 0 Å². The third kappa shape index (κ3) is 5.11. The molecule has 0 aromatic carbocycles. The Bertz CT molecular complexity index is 128. The summed E-state index contributed by atoms with van der Waals surface area (Å²) in [5.74, 6) is -1.03. The molecule has 4 nitrogen and oxygen atoms in total. The maximum atomic E-state index is 9.96. The zero-order chi connectivity index (χ0) is 8.15. The summed E-state index contributed by atoms with van der Waals surface area (Å²) in [6.45, 7) is 3.33. The van der Waals surface area contributed by atoms with E-state index in [0.29, 0.717) is 5.70 Å². The van der Waals surface area contributed by atoms with Crippen LogP contribution in [0.1, 0.15) is 12.8 Å². The fraction of sp³-hybridized carbons (Fsp3) is 0.500. The summed E-state index contributed by atoms with van der Waals surface area (Å²) in [5, 5.41) is 17.0. The van der Waals surface area contributed by atoms with E-state index in [1.165, 1.54) is 0 Å². The Morgan fingerprint density at radius 3 is 2.40 bits per heavy atom. The summed E-state index contributed by atoms with van der Waals surface area (Å²) < 4.78 is 0. The van der Waals surface area contributed by atoms with E-state index in [1.807, 2.05) is 0 Å². The van der Waals surface area contributed by atoms with Crippen molar-refractivity contribution in [1.82, 2.24) is 0 Å². The zero-order valence-electron chi connectivity index (χ0n) is 5.58.